The molecular formula is C21H19N7O4. The Morgan fingerprint density at radius 3 is 2.50 bits per heavy atom. The van der Waals surface area contributed by atoms with E-state index in [2.05, 4.69) is 20.5 Å². The topological polar surface area (TPSA) is 140 Å². The van der Waals surface area contributed by atoms with Gasteiger partial charge in [0.25, 0.3) is 11.2 Å². The van der Waals surface area contributed by atoms with Gasteiger partial charge in [-0.05, 0) is 30.2 Å². The fraction of sp³-hybridized carbons (Fsp3) is 0.143. The summed E-state index contributed by atoms with van der Waals surface area (Å²) in [6.45, 7) is 2.06. The lowest BCUT2D eigenvalue weighted by molar-refractivity contribution is -0.384. The number of anilines is 1. The smallest absolute Gasteiger partial charge is 0.298 e. The zero-order valence-corrected chi connectivity index (χ0v) is 17.3. The Hall–Kier alpha value is -4.54. The molecule has 0 radical (unpaired) electrons. The summed E-state index contributed by atoms with van der Waals surface area (Å²) in [4.78, 5) is 41.7. The molecule has 0 aliphatic carbocycles. The predicted molar refractivity (Wildman–Crippen MR) is 120 cm³/mol. The summed E-state index contributed by atoms with van der Waals surface area (Å²) in [6.07, 6.45) is 0. The second-order valence-electron chi connectivity index (χ2n) is 7.11. The molecule has 0 amide bonds. The molecule has 4 rings (SSSR count). The van der Waals surface area contributed by atoms with Crippen molar-refractivity contribution in [2.45, 2.75) is 13.5 Å². The number of rotatable bonds is 6. The third-order valence-electron chi connectivity index (χ3n) is 5.01. The lowest BCUT2D eigenvalue weighted by Crippen LogP contribution is -2.29. The fourth-order valence-electron chi connectivity index (χ4n) is 3.26. The van der Waals surface area contributed by atoms with Gasteiger partial charge in [-0.3, -0.25) is 29.0 Å². The molecule has 2 aromatic carbocycles. The SMILES string of the molecule is C/C(=N\Nc1nc2c(c(=O)[nH]c(=O)n2C)n1Cc1ccccc1)c1ccc([N+](=O)[O-])cc1. The number of fused-ring (bicyclic) bond motifs is 1. The molecule has 2 aromatic heterocycles. The Bertz CT molecular complexity index is 1450. The van der Waals surface area contributed by atoms with E-state index < -0.39 is 16.2 Å². The van der Waals surface area contributed by atoms with E-state index in [0.717, 1.165) is 5.56 Å². The van der Waals surface area contributed by atoms with Crippen molar-refractivity contribution in [1.29, 1.82) is 0 Å². The first-order chi connectivity index (χ1) is 15.3. The van der Waals surface area contributed by atoms with E-state index in [1.54, 1.807) is 23.6 Å². The standard InChI is InChI=1S/C21H19N7O4/c1-13(15-8-10-16(11-9-15)28(31)32)24-25-20-22-18-17(19(29)23-21(30)26(18)2)27(20)12-14-6-4-3-5-7-14/h3-11H,12H2,1-2H3,(H,22,25)(H,23,29,30)/b24-13+. The van der Waals surface area contributed by atoms with Crippen LogP contribution in [-0.4, -0.2) is 29.7 Å². The molecule has 0 unspecified atom stereocenters. The van der Waals surface area contributed by atoms with Gasteiger partial charge in [0.1, 0.15) is 0 Å². The molecule has 32 heavy (non-hydrogen) atoms. The molecule has 0 saturated carbocycles. The average molecular weight is 433 g/mol. The van der Waals surface area contributed by atoms with Gasteiger partial charge in [-0.15, -0.1) is 0 Å². The van der Waals surface area contributed by atoms with E-state index in [1.165, 1.54) is 23.7 Å². The second kappa shape index (κ2) is 8.30. The fourth-order valence-corrected chi connectivity index (χ4v) is 3.26. The number of nitrogens with one attached hydrogen (secondary N) is 2. The number of hydrazone groups is 1. The third-order valence-corrected chi connectivity index (χ3v) is 5.01. The number of nitro benzene ring substituents is 1. The van der Waals surface area contributed by atoms with Gasteiger partial charge in [-0.2, -0.15) is 10.1 Å². The lowest BCUT2D eigenvalue weighted by Gasteiger charge is -2.09. The van der Waals surface area contributed by atoms with Crippen molar-refractivity contribution in [3.05, 3.63) is 96.7 Å². The maximum Gasteiger partial charge on any atom is 0.329 e. The highest BCUT2D eigenvalue weighted by molar-refractivity contribution is 5.99. The van der Waals surface area contributed by atoms with Crippen LogP contribution in [0.3, 0.4) is 0 Å². The maximum absolute atomic E-state index is 12.6. The van der Waals surface area contributed by atoms with Crippen LogP contribution in [-0.2, 0) is 13.6 Å². The van der Waals surface area contributed by atoms with Crippen molar-refractivity contribution < 1.29 is 4.92 Å². The van der Waals surface area contributed by atoms with Crippen molar-refractivity contribution in [2.75, 3.05) is 5.43 Å². The Morgan fingerprint density at radius 1 is 1.16 bits per heavy atom. The monoisotopic (exact) mass is 433 g/mol. The van der Waals surface area contributed by atoms with Crippen molar-refractivity contribution in [1.82, 2.24) is 19.1 Å². The minimum absolute atomic E-state index is 0.0145. The minimum atomic E-state index is -0.566. The zero-order valence-electron chi connectivity index (χ0n) is 17.3. The molecule has 0 spiro atoms. The van der Waals surface area contributed by atoms with Gasteiger partial charge >= 0.3 is 5.69 Å². The van der Waals surface area contributed by atoms with Crippen LogP contribution in [0, 0.1) is 10.1 Å². The number of aryl methyl sites for hydroxylation is 1. The van der Waals surface area contributed by atoms with Gasteiger partial charge in [0, 0.05) is 19.2 Å². The zero-order chi connectivity index (χ0) is 22.8. The Balaban J connectivity index is 1.76. The van der Waals surface area contributed by atoms with Gasteiger partial charge in [-0.1, -0.05) is 30.3 Å². The second-order valence-corrected chi connectivity index (χ2v) is 7.11. The molecule has 0 aliphatic heterocycles. The van der Waals surface area contributed by atoms with Gasteiger partial charge in [-0.25, -0.2) is 10.2 Å². The number of hydrogen-bond acceptors (Lipinski definition) is 7. The van der Waals surface area contributed by atoms with Gasteiger partial charge < -0.3 is 0 Å². The number of nitro groups is 1. The predicted octanol–water partition coefficient (Wildman–Crippen LogP) is 2.22. The first-order valence-electron chi connectivity index (χ1n) is 9.63. The molecular weight excluding hydrogens is 414 g/mol. The minimum Gasteiger partial charge on any atom is -0.298 e. The van der Waals surface area contributed by atoms with Crippen LogP contribution in [0.25, 0.3) is 11.2 Å². The number of aromatic amines is 1. The van der Waals surface area contributed by atoms with Crippen LogP contribution in [0.1, 0.15) is 18.1 Å². The largest absolute Gasteiger partial charge is 0.329 e. The summed E-state index contributed by atoms with van der Waals surface area (Å²) >= 11 is 0. The molecule has 0 bridgehead atoms. The van der Waals surface area contributed by atoms with Crippen LogP contribution in [0.15, 0.2) is 69.3 Å². The summed E-state index contributed by atoms with van der Waals surface area (Å²) in [5.41, 5.74) is 4.37. The molecule has 162 valence electrons. The van der Waals surface area contributed by atoms with Crippen molar-refractivity contribution in [2.24, 2.45) is 12.1 Å². The summed E-state index contributed by atoms with van der Waals surface area (Å²) < 4.78 is 2.91. The summed E-state index contributed by atoms with van der Waals surface area (Å²) in [7, 11) is 1.52. The number of non-ortho nitro benzene ring substituents is 1. The number of benzene rings is 2. The Morgan fingerprint density at radius 2 is 1.84 bits per heavy atom. The van der Waals surface area contributed by atoms with Crippen LogP contribution in [0.4, 0.5) is 11.6 Å². The van der Waals surface area contributed by atoms with E-state index in [0.29, 0.717) is 17.8 Å². The molecule has 2 heterocycles. The average Bonchev–Trinajstić information content (AvgIpc) is 3.15. The third kappa shape index (κ3) is 3.90. The highest BCUT2D eigenvalue weighted by atomic mass is 16.6. The quantitative estimate of drug-likeness (QED) is 0.271. The van der Waals surface area contributed by atoms with Gasteiger partial charge in [0.2, 0.25) is 5.95 Å². The molecule has 2 N–H and O–H groups in total. The van der Waals surface area contributed by atoms with E-state index in [-0.39, 0.29) is 22.8 Å². The number of imidazole rings is 1. The van der Waals surface area contributed by atoms with Crippen molar-refractivity contribution in [3.63, 3.8) is 0 Å². The molecule has 4 aromatic rings. The van der Waals surface area contributed by atoms with E-state index in [4.69, 9.17) is 0 Å². The van der Waals surface area contributed by atoms with Crippen LogP contribution < -0.4 is 16.7 Å². The van der Waals surface area contributed by atoms with Crippen molar-refractivity contribution >= 4 is 28.5 Å². The summed E-state index contributed by atoms with van der Waals surface area (Å²) in [5, 5.41) is 15.2. The molecule has 0 atom stereocenters. The van der Waals surface area contributed by atoms with Crippen LogP contribution in [0.2, 0.25) is 0 Å². The first-order valence-corrected chi connectivity index (χ1v) is 9.63. The summed E-state index contributed by atoms with van der Waals surface area (Å²) in [6, 6.07) is 15.5. The normalized spacial score (nSPS) is 11.6. The number of aromatic nitrogens is 4. The molecule has 0 aliphatic rings. The van der Waals surface area contributed by atoms with Gasteiger partial charge in [0.15, 0.2) is 11.2 Å². The van der Waals surface area contributed by atoms with Crippen LogP contribution >= 0.6 is 0 Å². The van der Waals surface area contributed by atoms with E-state index >= 15 is 0 Å². The lowest BCUT2D eigenvalue weighted by atomic mass is 10.1. The van der Waals surface area contributed by atoms with E-state index in [1.807, 2.05) is 30.3 Å². The first kappa shape index (κ1) is 20.7. The highest BCUT2D eigenvalue weighted by Gasteiger charge is 2.17. The molecule has 0 fully saturated rings. The highest BCUT2D eigenvalue weighted by Crippen LogP contribution is 2.18. The number of hydrogen-bond donors (Lipinski definition) is 2. The Labute approximate surface area is 180 Å². The number of nitrogens with zero attached hydrogens (tertiary/aromatic N) is 5. The van der Waals surface area contributed by atoms with E-state index in [9.17, 15) is 19.7 Å². The molecule has 11 nitrogen and oxygen atoms in total. The molecule has 11 heteroatoms. The number of H-pyrrole nitrogens is 1. The summed E-state index contributed by atoms with van der Waals surface area (Å²) in [5.74, 6) is 0.275. The van der Waals surface area contributed by atoms with Crippen molar-refractivity contribution in [3.8, 4) is 0 Å². The van der Waals surface area contributed by atoms with Crippen LogP contribution in [0.5, 0.6) is 0 Å². The maximum atomic E-state index is 12.6. The Kier molecular flexibility index (Phi) is 5.37. The van der Waals surface area contributed by atoms with Gasteiger partial charge in [0.05, 0.1) is 17.2 Å². The molecule has 0 saturated heterocycles.